The first-order valence-electron chi connectivity index (χ1n) is 9.77. The molecular weight excluding hydrogens is 392 g/mol. The molecule has 1 saturated heterocycles. The van der Waals surface area contributed by atoms with Crippen LogP contribution in [0.2, 0.25) is 5.02 Å². The van der Waals surface area contributed by atoms with Crippen molar-refractivity contribution in [3.63, 3.8) is 0 Å². The third kappa shape index (κ3) is 4.45. The summed E-state index contributed by atoms with van der Waals surface area (Å²) in [5, 5.41) is 0.328. The molecule has 0 unspecified atom stereocenters. The van der Waals surface area contributed by atoms with Crippen LogP contribution in [0.4, 0.5) is 5.82 Å². The number of pyridine rings is 1. The zero-order chi connectivity index (χ0) is 21.2. The quantitative estimate of drug-likeness (QED) is 0.669. The number of methoxy groups -OCH3 is 1. The van der Waals surface area contributed by atoms with Crippen molar-refractivity contribution in [2.75, 3.05) is 31.7 Å². The van der Waals surface area contributed by atoms with Gasteiger partial charge in [0.2, 0.25) is 5.88 Å². The summed E-state index contributed by atoms with van der Waals surface area (Å²) in [6, 6.07) is 1.74. The molecule has 3 heterocycles. The number of ether oxygens (including phenoxy) is 2. The number of nitrogens with zero attached hydrogens (tertiary/aromatic N) is 4. The largest absolute Gasteiger partial charge is 0.480 e. The molecule has 1 aliphatic heterocycles. The molecule has 0 spiro atoms. The Morgan fingerprint density at radius 3 is 2.59 bits per heavy atom. The van der Waals surface area contributed by atoms with Crippen LogP contribution in [0.15, 0.2) is 12.3 Å². The van der Waals surface area contributed by atoms with Crippen LogP contribution in [0.1, 0.15) is 49.8 Å². The lowest BCUT2D eigenvalue weighted by Gasteiger charge is -2.38. The number of carbonyl (C=O) groups is 1. The number of piperidine rings is 1. The summed E-state index contributed by atoms with van der Waals surface area (Å²) in [4.78, 5) is 28.4. The van der Waals surface area contributed by atoms with Crippen LogP contribution in [0, 0.1) is 12.3 Å². The summed E-state index contributed by atoms with van der Waals surface area (Å²) in [7, 11) is 1.50. The molecule has 0 atom stereocenters. The van der Waals surface area contributed by atoms with Crippen LogP contribution in [-0.2, 0) is 4.74 Å². The van der Waals surface area contributed by atoms with Crippen molar-refractivity contribution in [1.82, 2.24) is 15.0 Å². The van der Waals surface area contributed by atoms with Crippen molar-refractivity contribution in [3.8, 4) is 17.1 Å². The molecule has 156 valence electrons. The molecule has 7 nitrogen and oxygen atoms in total. The smallest absolute Gasteiger partial charge is 0.360 e. The average Bonchev–Trinajstić information content (AvgIpc) is 2.68. The molecule has 0 bridgehead atoms. The minimum Gasteiger partial charge on any atom is -0.480 e. The Hall–Kier alpha value is -2.41. The van der Waals surface area contributed by atoms with Crippen molar-refractivity contribution < 1.29 is 14.3 Å². The third-order valence-electron chi connectivity index (χ3n) is 5.24. The van der Waals surface area contributed by atoms with E-state index in [1.54, 1.807) is 19.2 Å². The van der Waals surface area contributed by atoms with Crippen LogP contribution in [0.5, 0.6) is 5.88 Å². The van der Waals surface area contributed by atoms with Gasteiger partial charge in [-0.15, -0.1) is 0 Å². The second kappa shape index (κ2) is 8.53. The predicted molar refractivity (Wildman–Crippen MR) is 113 cm³/mol. The first kappa shape index (κ1) is 21.3. The molecule has 8 heteroatoms. The molecule has 2 aromatic rings. The minimum absolute atomic E-state index is 0.207. The van der Waals surface area contributed by atoms with Gasteiger partial charge in [0.25, 0.3) is 0 Å². The zero-order valence-electron chi connectivity index (χ0n) is 17.6. The maximum Gasteiger partial charge on any atom is 0.360 e. The number of esters is 1. The molecule has 29 heavy (non-hydrogen) atoms. The van der Waals surface area contributed by atoms with Gasteiger partial charge in [-0.2, -0.15) is 0 Å². The first-order valence-corrected chi connectivity index (χ1v) is 10.1. The van der Waals surface area contributed by atoms with E-state index in [9.17, 15) is 4.79 Å². The number of hydrogen-bond acceptors (Lipinski definition) is 7. The van der Waals surface area contributed by atoms with Crippen LogP contribution in [0.3, 0.4) is 0 Å². The van der Waals surface area contributed by atoms with E-state index in [1.807, 2.05) is 6.92 Å². The molecule has 0 saturated carbocycles. The van der Waals surface area contributed by atoms with Crippen LogP contribution in [-0.4, -0.2) is 47.7 Å². The fourth-order valence-corrected chi connectivity index (χ4v) is 3.67. The molecule has 1 aliphatic rings. The number of rotatable bonds is 5. The monoisotopic (exact) mass is 418 g/mol. The first-order chi connectivity index (χ1) is 13.8. The number of halogens is 1. The summed E-state index contributed by atoms with van der Waals surface area (Å²) in [5.41, 5.74) is 2.29. The number of aromatic nitrogens is 3. The molecule has 3 rings (SSSR count). The van der Waals surface area contributed by atoms with Crippen molar-refractivity contribution in [2.24, 2.45) is 5.41 Å². The van der Waals surface area contributed by atoms with Crippen molar-refractivity contribution >= 4 is 23.4 Å². The van der Waals surface area contributed by atoms with E-state index < -0.39 is 5.97 Å². The fourth-order valence-electron chi connectivity index (χ4n) is 3.39. The average molecular weight is 419 g/mol. The summed E-state index contributed by atoms with van der Waals surface area (Å²) < 4.78 is 10.5. The van der Waals surface area contributed by atoms with Gasteiger partial charge in [-0.25, -0.2) is 19.7 Å². The predicted octanol–water partition coefficient (Wildman–Crippen LogP) is 4.31. The van der Waals surface area contributed by atoms with Gasteiger partial charge in [0, 0.05) is 24.8 Å². The summed E-state index contributed by atoms with van der Waals surface area (Å²) in [5.74, 6) is 0.376. The lowest BCUT2D eigenvalue weighted by Crippen LogP contribution is -2.39. The Morgan fingerprint density at radius 1 is 1.28 bits per heavy atom. The highest BCUT2D eigenvalue weighted by Gasteiger charge is 2.30. The maximum absolute atomic E-state index is 12.7. The molecule has 0 aliphatic carbocycles. The molecule has 0 amide bonds. The maximum atomic E-state index is 12.7. The Morgan fingerprint density at radius 2 is 1.97 bits per heavy atom. The van der Waals surface area contributed by atoms with Gasteiger partial charge in [0.15, 0.2) is 11.5 Å². The van der Waals surface area contributed by atoms with Crippen LogP contribution >= 0.6 is 11.6 Å². The second-order valence-corrected chi connectivity index (χ2v) is 8.26. The van der Waals surface area contributed by atoms with Crippen molar-refractivity contribution in [2.45, 2.75) is 40.5 Å². The normalized spacial score (nSPS) is 15.9. The van der Waals surface area contributed by atoms with Gasteiger partial charge in [-0.3, -0.25) is 0 Å². The molecule has 2 aromatic heterocycles. The Kier molecular flexibility index (Phi) is 6.27. The lowest BCUT2D eigenvalue weighted by atomic mass is 9.82. The van der Waals surface area contributed by atoms with Crippen molar-refractivity contribution in [3.05, 3.63) is 28.7 Å². The fraction of sp³-hybridized carbons (Fsp3) is 0.524. The molecule has 0 radical (unpaired) electrons. The van der Waals surface area contributed by atoms with E-state index in [2.05, 4.69) is 28.7 Å². The highest BCUT2D eigenvalue weighted by molar-refractivity contribution is 6.34. The minimum atomic E-state index is -0.488. The highest BCUT2D eigenvalue weighted by atomic mass is 35.5. The zero-order valence-corrected chi connectivity index (χ0v) is 18.3. The summed E-state index contributed by atoms with van der Waals surface area (Å²) in [6.45, 7) is 10.0. The van der Waals surface area contributed by atoms with Gasteiger partial charge >= 0.3 is 5.97 Å². The van der Waals surface area contributed by atoms with Gasteiger partial charge in [-0.05, 0) is 38.2 Å². The number of aryl methyl sites for hydroxylation is 1. The van der Waals surface area contributed by atoms with E-state index in [4.69, 9.17) is 26.1 Å². The number of hydrogen-bond donors (Lipinski definition) is 0. The second-order valence-electron chi connectivity index (χ2n) is 7.88. The van der Waals surface area contributed by atoms with Gasteiger partial charge in [-0.1, -0.05) is 25.4 Å². The molecule has 1 fully saturated rings. The van der Waals surface area contributed by atoms with E-state index in [0.29, 0.717) is 33.7 Å². The number of carbonyl (C=O) groups excluding carboxylic acids is 1. The highest BCUT2D eigenvalue weighted by Crippen LogP contribution is 2.37. The SMILES string of the molecule is CCOC(=O)c1nc(-c2ccnc(OC)c2Cl)c(C)nc1N1CCC(C)(C)CC1. The molecule has 0 aromatic carbocycles. The Balaban J connectivity index is 2.10. The third-order valence-corrected chi connectivity index (χ3v) is 5.61. The summed E-state index contributed by atoms with van der Waals surface area (Å²) in [6.07, 6.45) is 3.63. The van der Waals surface area contributed by atoms with E-state index in [-0.39, 0.29) is 17.7 Å². The van der Waals surface area contributed by atoms with E-state index in [0.717, 1.165) is 25.9 Å². The summed E-state index contributed by atoms with van der Waals surface area (Å²) >= 11 is 6.45. The van der Waals surface area contributed by atoms with Crippen molar-refractivity contribution in [1.29, 1.82) is 0 Å². The van der Waals surface area contributed by atoms with E-state index >= 15 is 0 Å². The number of anilines is 1. The lowest BCUT2D eigenvalue weighted by molar-refractivity contribution is 0.0519. The van der Waals surface area contributed by atoms with Gasteiger partial charge in [0.1, 0.15) is 5.02 Å². The molecule has 0 N–H and O–H groups in total. The van der Waals surface area contributed by atoms with Crippen LogP contribution in [0.25, 0.3) is 11.3 Å². The molecular formula is C21H27ClN4O3. The van der Waals surface area contributed by atoms with E-state index in [1.165, 1.54) is 7.11 Å². The topological polar surface area (TPSA) is 77.4 Å². The Bertz CT molecular complexity index is 907. The Labute approximate surface area is 176 Å². The van der Waals surface area contributed by atoms with Gasteiger partial charge < -0.3 is 14.4 Å². The standard InChI is InChI=1S/C21H27ClN4O3/c1-6-29-20(27)17-18(26-11-8-21(3,4)9-12-26)24-13(2)16(25-17)14-7-10-23-19(28-5)15(14)22/h7,10H,6,8-9,11-12H2,1-5H3. The van der Waals surface area contributed by atoms with Crippen LogP contribution < -0.4 is 9.64 Å². The van der Waals surface area contributed by atoms with Gasteiger partial charge in [0.05, 0.1) is 25.1 Å².